The highest BCUT2D eigenvalue weighted by Gasteiger charge is 2.52. The lowest BCUT2D eigenvalue weighted by Gasteiger charge is -2.28. The smallest absolute Gasteiger partial charge is 0.355 e. The number of nitrogens with one attached hydrogen (secondary N) is 1. The van der Waals surface area contributed by atoms with Gasteiger partial charge in [0.2, 0.25) is 0 Å². The Morgan fingerprint density at radius 2 is 1.67 bits per heavy atom. The van der Waals surface area contributed by atoms with Gasteiger partial charge in [-0.25, -0.2) is 9.69 Å². The second-order valence-corrected chi connectivity index (χ2v) is 10.9. The number of nitriles is 1. The molecule has 0 aromatic heterocycles. The van der Waals surface area contributed by atoms with Crippen LogP contribution in [-0.2, 0) is 22.1 Å². The van der Waals surface area contributed by atoms with Crippen LogP contribution in [0.4, 0.5) is 35.0 Å². The van der Waals surface area contributed by atoms with E-state index in [2.05, 4.69) is 5.32 Å². The van der Waals surface area contributed by atoms with Crippen LogP contribution in [0, 0.1) is 11.3 Å². The molecule has 0 atom stereocenters. The minimum atomic E-state index is -4.86. The second kappa shape index (κ2) is 9.85. The highest BCUT2D eigenvalue weighted by atomic mass is 31.2. The molecule has 0 unspecified atom stereocenters. The van der Waals surface area contributed by atoms with E-state index in [-0.39, 0.29) is 17.5 Å². The van der Waals surface area contributed by atoms with E-state index in [1.165, 1.54) is 49.1 Å². The molecular formula is C26H22F3N4O5P. The first-order chi connectivity index (χ1) is 18.1. The van der Waals surface area contributed by atoms with Crippen LogP contribution in [0.25, 0.3) is 0 Å². The van der Waals surface area contributed by atoms with Gasteiger partial charge in [-0.1, -0.05) is 18.2 Å². The van der Waals surface area contributed by atoms with Gasteiger partial charge in [-0.05, 0) is 67.9 Å². The molecule has 0 bridgehead atoms. The summed E-state index contributed by atoms with van der Waals surface area (Å²) in [6, 6.07) is 15.7. The molecule has 1 heterocycles. The Labute approximate surface area is 221 Å². The number of imide groups is 1. The maximum atomic E-state index is 13.5. The number of carbonyl (C=O) groups is 2. The lowest BCUT2D eigenvalue weighted by atomic mass is 10.0. The van der Waals surface area contributed by atoms with E-state index in [0.29, 0.717) is 27.9 Å². The van der Waals surface area contributed by atoms with Crippen molar-refractivity contribution in [3.05, 3.63) is 83.4 Å². The molecule has 0 saturated carbocycles. The standard InChI is InChI=1S/C26H22F3N4O5P/c1-25(2)23(34)33(19-10-7-16(14-30)21(13-19)26(27,28)29)24(35)32(25)15-17-5-3-4-6-22(17)31-18-8-11-20(12-9-18)39(36,37)38/h3-13,31H,15H2,1-2H3,(H2,36,37,38). The Morgan fingerprint density at radius 1 is 1.03 bits per heavy atom. The van der Waals surface area contributed by atoms with E-state index < -0.39 is 42.4 Å². The quantitative estimate of drug-likeness (QED) is 0.290. The van der Waals surface area contributed by atoms with Gasteiger partial charge in [0.25, 0.3) is 5.91 Å². The summed E-state index contributed by atoms with van der Waals surface area (Å²) in [6.45, 7) is 2.89. The van der Waals surface area contributed by atoms with Crippen LogP contribution in [0.1, 0.15) is 30.5 Å². The number of benzene rings is 3. The van der Waals surface area contributed by atoms with Gasteiger partial charge in [-0.3, -0.25) is 9.36 Å². The number of alkyl halides is 3. The van der Waals surface area contributed by atoms with Crippen LogP contribution in [0.3, 0.4) is 0 Å². The molecule has 1 aliphatic rings. The molecular weight excluding hydrogens is 536 g/mol. The zero-order valence-corrected chi connectivity index (χ0v) is 21.5. The first-order valence-corrected chi connectivity index (χ1v) is 13.0. The average molecular weight is 558 g/mol. The van der Waals surface area contributed by atoms with Crippen molar-refractivity contribution in [2.45, 2.75) is 32.1 Å². The Morgan fingerprint density at radius 3 is 2.26 bits per heavy atom. The minimum Gasteiger partial charge on any atom is -0.355 e. The molecule has 0 spiro atoms. The van der Waals surface area contributed by atoms with Gasteiger partial charge in [-0.15, -0.1) is 0 Å². The topological polar surface area (TPSA) is 134 Å². The van der Waals surface area contributed by atoms with Gasteiger partial charge in [0.15, 0.2) is 0 Å². The predicted molar refractivity (Wildman–Crippen MR) is 137 cm³/mol. The molecule has 202 valence electrons. The maximum absolute atomic E-state index is 13.5. The molecule has 13 heteroatoms. The molecule has 3 aromatic carbocycles. The molecule has 0 radical (unpaired) electrons. The monoisotopic (exact) mass is 558 g/mol. The third-order valence-electron chi connectivity index (χ3n) is 6.34. The van der Waals surface area contributed by atoms with E-state index in [4.69, 9.17) is 5.26 Å². The number of carbonyl (C=O) groups excluding carboxylic acids is 2. The zero-order valence-electron chi connectivity index (χ0n) is 20.6. The van der Waals surface area contributed by atoms with E-state index >= 15 is 0 Å². The van der Waals surface area contributed by atoms with Crippen LogP contribution in [0.5, 0.6) is 0 Å². The number of hydrogen-bond donors (Lipinski definition) is 3. The molecule has 1 fully saturated rings. The average Bonchev–Trinajstić information content (AvgIpc) is 3.03. The summed E-state index contributed by atoms with van der Waals surface area (Å²) in [6.07, 6.45) is -4.86. The summed E-state index contributed by atoms with van der Waals surface area (Å²) in [5, 5.41) is 12.0. The van der Waals surface area contributed by atoms with E-state index in [1.54, 1.807) is 24.3 Å². The maximum Gasteiger partial charge on any atom is 0.417 e. The summed E-state index contributed by atoms with van der Waals surface area (Å²) in [7, 11) is -4.41. The largest absolute Gasteiger partial charge is 0.417 e. The third kappa shape index (κ3) is 5.38. The molecule has 1 saturated heterocycles. The fourth-order valence-electron chi connectivity index (χ4n) is 4.18. The van der Waals surface area contributed by atoms with Gasteiger partial charge < -0.3 is 20.0 Å². The van der Waals surface area contributed by atoms with Crippen LogP contribution in [-0.4, -0.2) is 32.2 Å². The van der Waals surface area contributed by atoms with Crippen molar-refractivity contribution in [2.75, 3.05) is 10.2 Å². The fraction of sp³-hybridized carbons (Fsp3) is 0.192. The van der Waals surface area contributed by atoms with Crippen molar-refractivity contribution in [2.24, 2.45) is 0 Å². The highest BCUT2D eigenvalue weighted by Crippen LogP contribution is 2.39. The number of para-hydroxylation sites is 1. The Hall–Kier alpha value is -4.17. The number of halogens is 3. The fourth-order valence-corrected chi connectivity index (χ4v) is 4.71. The summed E-state index contributed by atoms with van der Waals surface area (Å²) < 4.78 is 52.0. The molecule has 3 amide bonds. The van der Waals surface area contributed by atoms with Gasteiger partial charge >= 0.3 is 19.8 Å². The molecule has 0 aliphatic carbocycles. The number of amides is 3. The lowest BCUT2D eigenvalue weighted by molar-refractivity contribution is -0.137. The third-order valence-corrected chi connectivity index (χ3v) is 7.31. The summed E-state index contributed by atoms with van der Waals surface area (Å²) >= 11 is 0. The number of hydrogen-bond acceptors (Lipinski definition) is 5. The molecule has 3 N–H and O–H groups in total. The van der Waals surface area contributed by atoms with Crippen molar-refractivity contribution < 1.29 is 37.1 Å². The van der Waals surface area contributed by atoms with Gasteiger partial charge in [0.1, 0.15) is 5.54 Å². The Balaban J connectivity index is 1.65. The summed E-state index contributed by atoms with van der Waals surface area (Å²) in [4.78, 5) is 47.2. The zero-order chi connectivity index (χ0) is 28.8. The van der Waals surface area contributed by atoms with Crippen molar-refractivity contribution in [1.82, 2.24) is 4.90 Å². The highest BCUT2D eigenvalue weighted by molar-refractivity contribution is 7.60. The SMILES string of the molecule is CC1(C)C(=O)N(c2ccc(C#N)c(C(F)(F)F)c2)C(=O)N1Cc1ccccc1Nc1ccc(P(=O)(O)O)cc1. The number of urea groups is 1. The first-order valence-electron chi connectivity index (χ1n) is 11.4. The van der Waals surface area contributed by atoms with Crippen molar-refractivity contribution in [3.63, 3.8) is 0 Å². The summed E-state index contributed by atoms with van der Waals surface area (Å²) in [5.41, 5.74) is -1.99. The number of anilines is 3. The molecule has 3 aromatic rings. The van der Waals surface area contributed by atoms with Crippen LogP contribution in [0.2, 0.25) is 0 Å². The number of rotatable bonds is 6. The van der Waals surface area contributed by atoms with Crippen molar-refractivity contribution >= 4 is 41.9 Å². The van der Waals surface area contributed by atoms with E-state index in [1.807, 2.05) is 0 Å². The molecule has 9 nitrogen and oxygen atoms in total. The van der Waals surface area contributed by atoms with Crippen LogP contribution in [0.15, 0.2) is 66.7 Å². The molecule has 1 aliphatic heterocycles. The number of nitrogens with zero attached hydrogens (tertiary/aromatic N) is 3. The summed E-state index contributed by atoms with van der Waals surface area (Å²) in [5.74, 6) is -0.733. The van der Waals surface area contributed by atoms with Gasteiger partial charge in [-0.2, -0.15) is 18.4 Å². The molecule has 4 rings (SSSR count). The minimum absolute atomic E-state index is 0.0831. The van der Waals surface area contributed by atoms with E-state index in [0.717, 1.165) is 12.1 Å². The Kier molecular flexibility index (Phi) is 7.04. The molecule has 39 heavy (non-hydrogen) atoms. The van der Waals surface area contributed by atoms with Crippen molar-refractivity contribution in [1.29, 1.82) is 5.26 Å². The second-order valence-electron chi connectivity index (χ2n) is 9.28. The predicted octanol–water partition coefficient (Wildman–Crippen LogP) is 4.87. The van der Waals surface area contributed by atoms with E-state index in [9.17, 15) is 37.1 Å². The van der Waals surface area contributed by atoms with Crippen molar-refractivity contribution in [3.8, 4) is 6.07 Å². The van der Waals surface area contributed by atoms with Gasteiger partial charge in [0.05, 0.1) is 34.7 Å². The van der Waals surface area contributed by atoms with Gasteiger partial charge in [0, 0.05) is 11.4 Å². The lowest BCUT2D eigenvalue weighted by Crippen LogP contribution is -2.43. The normalized spacial score (nSPS) is 15.4. The van der Waals surface area contributed by atoms with Crippen LogP contribution < -0.4 is 15.5 Å². The first kappa shape index (κ1) is 27.9. The van der Waals surface area contributed by atoms with Crippen LogP contribution >= 0.6 is 7.60 Å². The Bertz CT molecular complexity index is 1540.